The van der Waals surface area contributed by atoms with Gasteiger partial charge in [-0.05, 0) is 32.6 Å². The van der Waals surface area contributed by atoms with E-state index in [0.717, 1.165) is 0 Å². The quantitative estimate of drug-likeness (QED) is 0.636. The molecule has 3 heteroatoms. The zero-order chi connectivity index (χ0) is 8.48. The van der Waals surface area contributed by atoms with Gasteiger partial charge in [-0.25, -0.2) is 4.39 Å². The number of carboxylic acid groups (broad SMARTS) is 1. The van der Waals surface area contributed by atoms with Crippen LogP contribution in [0.4, 0.5) is 4.39 Å². The van der Waals surface area contributed by atoms with E-state index in [2.05, 4.69) is 0 Å². The smallest absolute Gasteiger partial charge is 0.306 e. The van der Waals surface area contributed by atoms with Crippen molar-refractivity contribution in [3.05, 3.63) is 0 Å². The molecule has 0 aromatic heterocycles. The van der Waals surface area contributed by atoms with Crippen LogP contribution in [0.25, 0.3) is 0 Å². The van der Waals surface area contributed by atoms with Crippen LogP contribution in [0.5, 0.6) is 0 Å². The van der Waals surface area contributed by atoms with Crippen LogP contribution in [0, 0.1) is 5.92 Å². The van der Waals surface area contributed by atoms with E-state index in [9.17, 15) is 9.18 Å². The topological polar surface area (TPSA) is 37.3 Å². The van der Waals surface area contributed by atoms with Crippen molar-refractivity contribution >= 4 is 5.97 Å². The molecule has 0 atom stereocenters. The van der Waals surface area contributed by atoms with E-state index in [1.165, 1.54) is 0 Å². The van der Waals surface area contributed by atoms with Gasteiger partial charge in [0.2, 0.25) is 0 Å². The predicted molar refractivity (Wildman–Crippen MR) is 39.1 cm³/mol. The first-order valence-electron chi connectivity index (χ1n) is 3.93. The van der Waals surface area contributed by atoms with E-state index in [1.807, 2.05) is 0 Å². The van der Waals surface area contributed by atoms with Crippen molar-refractivity contribution in [2.75, 3.05) is 0 Å². The minimum Gasteiger partial charge on any atom is -0.481 e. The summed E-state index contributed by atoms with van der Waals surface area (Å²) >= 11 is 0. The monoisotopic (exact) mass is 160 g/mol. The largest absolute Gasteiger partial charge is 0.481 e. The highest BCUT2D eigenvalue weighted by atomic mass is 19.1. The maximum Gasteiger partial charge on any atom is 0.306 e. The molecule has 1 aliphatic rings. The van der Waals surface area contributed by atoms with Gasteiger partial charge in [0.1, 0.15) is 5.67 Å². The van der Waals surface area contributed by atoms with Crippen LogP contribution in [0.3, 0.4) is 0 Å². The lowest BCUT2D eigenvalue weighted by Gasteiger charge is -2.28. The molecule has 0 aliphatic heterocycles. The van der Waals surface area contributed by atoms with Gasteiger partial charge in [-0.2, -0.15) is 0 Å². The zero-order valence-corrected chi connectivity index (χ0v) is 6.64. The fraction of sp³-hybridized carbons (Fsp3) is 0.875. The molecule has 0 amide bonds. The van der Waals surface area contributed by atoms with Crippen molar-refractivity contribution < 1.29 is 14.3 Å². The molecule has 0 bridgehead atoms. The minimum atomic E-state index is -1.12. The molecule has 11 heavy (non-hydrogen) atoms. The fourth-order valence-corrected chi connectivity index (χ4v) is 1.47. The molecule has 0 aromatic rings. The van der Waals surface area contributed by atoms with E-state index in [1.54, 1.807) is 6.92 Å². The van der Waals surface area contributed by atoms with Gasteiger partial charge in [-0.3, -0.25) is 4.79 Å². The minimum absolute atomic E-state index is 0.307. The van der Waals surface area contributed by atoms with E-state index in [0.29, 0.717) is 25.7 Å². The van der Waals surface area contributed by atoms with Gasteiger partial charge in [0.05, 0.1) is 5.92 Å². The lowest BCUT2D eigenvalue weighted by atomic mass is 9.81. The molecule has 0 saturated heterocycles. The summed E-state index contributed by atoms with van der Waals surface area (Å²) in [4.78, 5) is 10.4. The third-order valence-corrected chi connectivity index (χ3v) is 2.38. The summed E-state index contributed by atoms with van der Waals surface area (Å²) in [5.41, 5.74) is -1.12. The predicted octanol–water partition coefficient (Wildman–Crippen LogP) is 1.99. The molecule has 2 nitrogen and oxygen atoms in total. The molecule has 64 valence electrons. The Morgan fingerprint density at radius 3 is 2.36 bits per heavy atom. The van der Waals surface area contributed by atoms with E-state index in [-0.39, 0.29) is 5.92 Å². The van der Waals surface area contributed by atoms with E-state index in [4.69, 9.17) is 5.11 Å². The van der Waals surface area contributed by atoms with Crippen molar-refractivity contribution in [3.8, 4) is 0 Å². The van der Waals surface area contributed by atoms with E-state index >= 15 is 0 Å². The molecule has 0 heterocycles. The molecule has 1 rings (SSSR count). The molecule has 1 saturated carbocycles. The Bertz CT molecular complexity index is 155. The molecule has 0 aromatic carbocycles. The first kappa shape index (κ1) is 8.50. The Kier molecular flexibility index (Phi) is 2.16. The second-order valence-corrected chi connectivity index (χ2v) is 3.53. The van der Waals surface area contributed by atoms with Crippen molar-refractivity contribution in [2.24, 2.45) is 5.92 Å². The number of rotatable bonds is 1. The van der Waals surface area contributed by atoms with Crippen LogP contribution in [0.2, 0.25) is 0 Å². The van der Waals surface area contributed by atoms with Crippen molar-refractivity contribution in [3.63, 3.8) is 0 Å². The second kappa shape index (κ2) is 2.80. The summed E-state index contributed by atoms with van der Waals surface area (Å²) in [6, 6.07) is 0. The number of hydrogen-bond acceptors (Lipinski definition) is 1. The Balaban J connectivity index is 2.42. The molecule has 1 N–H and O–H groups in total. The van der Waals surface area contributed by atoms with Gasteiger partial charge in [-0.15, -0.1) is 0 Å². The highest BCUT2D eigenvalue weighted by molar-refractivity contribution is 5.70. The third kappa shape index (κ3) is 2.17. The second-order valence-electron chi connectivity index (χ2n) is 3.53. The Labute approximate surface area is 65.4 Å². The average Bonchev–Trinajstić information content (AvgIpc) is 1.86. The fourth-order valence-electron chi connectivity index (χ4n) is 1.47. The molecular weight excluding hydrogens is 147 g/mol. The maximum atomic E-state index is 13.1. The highest BCUT2D eigenvalue weighted by Crippen LogP contribution is 2.34. The molecule has 0 unspecified atom stereocenters. The number of alkyl halides is 1. The van der Waals surface area contributed by atoms with Crippen LogP contribution in [-0.2, 0) is 4.79 Å². The Hall–Kier alpha value is -0.600. The molecular formula is C8H13FO2. The lowest BCUT2D eigenvalue weighted by molar-refractivity contribution is -0.143. The lowest BCUT2D eigenvalue weighted by Crippen LogP contribution is -2.29. The summed E-state index contributed by atoms with van der Waals surface area (Å²) in [5.74, 6) is -1.08. The normalized spacial score (nSPS) is 38.5. The molecule has 1 fully saturated rings. The van der Waals surface area contributed by atoms with Gasteiger partial charge in [0.15, 0.2) is 0 Å². The van der Waals surface area contributed by atoms with Gasteiger partial charge in [0.25, 0.3) is 0 Å². The van der Waals surface area contributed by atoms with E-state index < -0.39 is 11.6 Å². The number of carbonyl (C=O) groups is 1. The highest BCUT2D eigenvalue weighted by Gasteiger charge is 2.33. The first-order valence-corrected chi connectivity index (χ1v) is 3.93. The summed E-state index contributed by atoms with van der Waals surface area (Å²) < 4.78 is 13.1. The average molecular weight is 160 g/mol. The van der Waals surface area contributed by atoms with Crippen molar-refractivity contribution in [2.45, 2.75) is 38.3 Å². The Morgan fingerprint density at radius 2 is 2.00 bits per heavy atom. The van der Waals surface area contributed by atoms with Crippen molar-refractivity contribution in [1.82, 2.24) is 0 Å². The molecule has 0 spiro atoms. The first-order chi connectivity index (χ1) is 5.01. The third-order valence-electron chi connectivity index (χ3n) is 2.38. The zero-order valence-electron chi connectivity index (χ0n) is 6.64. The van der Waals surface area contributed by atoms with Crippen molar-refractivity contribution in [1.29, 1.82) is 0 Å². The number of carboxylic acids is 1. The Morgan fingerprint density at radius 1 is 1.55 bits per heavy atom. The molecule has 0 radical (unpaired) electrons. The number of halogens is 1. The van der Waals surface area contributed by atoms with Gasteiger partial charge in [-0.1, -0.05) is 0 Å². The van der Waals surface area contributed by atoms with Gasteiger partial charge in [0, 0.05) is 0 Å². The van der Waals surface area contributed by atoms with Crippen LogP contribution in [0.1, 0.15) is 32.6 Å². The summed E-state index contributed by atoms with van der Waals surface area (Å²) in [5, 5.41) is 8.59. The number of aliphatic carboxylic acids is 1. The van der Waals surface area contributed by atoms with Gasteiger partial charge >= 0.3 is 5.97 Å². The van der Waals surface area contributed by atoms with Crippen LogP contribution < -0.4 is 0 Å². The maximum absolute atomic E-state index is 13.1. The standard InChI is InChI=1S/C8H13FO2/c1-8(9)4-2-6(3-5-8)7(10)11/h6H,2-5H2,1H3,(H,10,11)/t6-,8+. The molecule has 1 aliphatic carbocycles. The SMILES string of the molecule is C[C@]1(F)CC[C@@H](C(=O)O)CC1. The van der Waals surface area contributed by atoms with Crippen LogP contribution in [0.15, 0.2) is 0 Å². The van der Waals surface area contributed by atoms with Crippen LogP contribution >= 0.6 is 0 Å². The summed E-state index contributed by atoms with van der Waals surface area (Å²) in [7, 11) is 0. The number of hydrogen-bond donors (Lipinski definition) is 1. The summed E-state index contributed by atoms with van der Waals surface area (Å²) in [6.45, 7) is 1.55. The van der Waals surface area contributed by atoms with Gasteiger partial charge < -0.3 is 5.11 Å². The van der Waals surface area contributed by atoms with Crippen LogP contribution in [-0.4, -0.2) is 16.7 Å². The summed E-state index contributed by atoms with van der Waals surface area (Å²) in [6.07, 6.45) is 1.76.